The Morgan fingerprint density at radius 2 is 2.20 bits per heavy atom. The number of pyridine rings is 1. The predicted octanol–water partition coefficient (Wildman–Crippen LogP) is 2.70. The van der Waals surface area contributed by atoms with Crippen LogP contribution in [0.3, 0.4) is 0 Å². The lowest BCUT2D eigenvalue weighted by Gasteiger charge is -2.23. The summed E-state index contributed by atoms with van der Waals surface area (Å²) >= 11 is 0. The van der Waals surface area contributed by atoms with Crippen molar-refractivity contribution >= 4 is 11.7 Å². The van der Waals surface area contributed by atoms with E-state index in [1.165, 1.54) is 18.4 Å². The van der Waals surface area contributed by atoms with Crippen molar-refractivity contribution in [1.29, 1.82) is 0 Å². The number of nitrogens with zero attached hydrogens (tertiary/aromatic N) is 1. The van der Waals surface area contributed by atoms with E-state index in [0.29, 0.717) is 19.0 Å². The summed E-state index contributed by atoms with van der Waals surface area (Å²) in [6.45, 7) is 5.32. The molecule has 1 aliphatic heterocycles. The number of carbonyl (C=O) groups excluding carboxylic acids is 1. The van der Waals surface area contributed by atoms with Crippen LogP contribution in [0.1, 0.15) is 40.2 Å². The van der Waals surface area contributed by atoms with E-state index in [2.05, 4.69) is 27.0 Å². The fourth-order valence-corrected chi connectivity index (χ4v) is 3.20. The first kappa shape index (κ1) is 17.4. The highest BCUT2D eigenvalue weighted by atomic mass is 16.1. The number of anilines is 1. The average molecular weight is 338 g/mol. The van der Waals surface area contributed by atoms with Crippen molar-refractivity contribution in [2.24, 2.45) is 0 Å². The first-order valence-corrected chi connectivity index (χ1v) is 8.98. The van der Waals surface area contributed by atoms with Gasteiger partial charge in [0.1, 0.15) is 5.82 Å². The standard InChI is InChI=1S/C20H26N4O/c1-15-5-3-10-22-19(15)23-11-12-24-20(25)17-7-2-6-16(13-17)18-8-4-9-21-14-18/h2-3,5-7,10,13,18,21H,4,8-9,11-12,14H2,1H3,(H,22,23)(H,24,25)/t18-/m0/s1. The molecule has 5 heteroatoms. The Morgan fingerprint density at radius 1 is 1.28 bits per heavy atom. The Hall–Kier alpha value is -2.40. The van der Waals surface area contributed by atoms with Crippen LogP contribution in [0.5, 0.6) is 0 Å². The third-order valence-electron chi connectivity index (χ3n) is 4.63. The van der Waals surface area contributed by atoms with Crippen LogP contribution >= 0.6 is 0 Å². The van der Waals surface area contributed by atoms with Gasteiger partial charge < -0.3 is 16.0 Å². The van der Waals surface area contributed by atoms with Crippen LogP contribution in [0, 0.1) is 6.92 Å². The van der Waals surface area contributed by atoms with E-state index in [1.807, 2.05) is 37.3 Å². The number of aromatic nitrogens is 1. The number of hydrogen-bond acceptors (Lipinski definition) is 4. The molecule has 0 aliphatic carbocycles. The van der Waals surface area contributed by atoms with Crippen LogP contribution in [0.25, 0.3) is 0 Å². The highest BCUT2D eigenvalue weighted by Gasteiger charge is 2.16. The lowest BCUT2D eigenvalue weighted by molar-refractivity contribution is 0.0955. The molecule has 1 fully saturated rings. The van der Waals surface area contributed by atoms with E-state index in [9.17, 15) is 4.79 Å². The maximum absolute atomic E-state index is 12.4. The summed E-state index contributed by atoms with van der Waals surface area (Å²) in [7, 11) is 0. The van der Waals surface area contributed by atoms with Gasteiger partial charge in [0.15, 0.2) is 0 Å². The van der Waals surface area contributed by atoms with Crippen molar-refractivity contribution in [1.82, 2.24) is 15.6 Å². The van der Waals surface area contributed by atoms with Gasteiger partial charge in [0, 0.05) is 31.4 Å². The minimum Gasteiger partial charge on any atom is -0.368 e. The van der Waals surface area contributed by atoms with E-state index in [4.69, 9.17) is 0 Å². The van der Waals surface area contributed by atoms with E-state index in [-0.39, 0.29) is 5.91 Å². The second-order valence-electron chi connectivity index (χ2n) is 6.52. The predicted molar refractivity (Wildman–Crippen MR) is 101 cm³/mol. The minimum absolute atomic E-state index is 0.0230. The fraction of sp³-hybridized carbons (Fsp3) is 0.400. The topological polar surface area (TPSA) is 66.0 Å². The van der Waals surface area contributed by atoms with Crippen LogP contribution in [0.4, 0.5) is 5.82 Å². The molecule has 0 unspecified atom stereocenters. The number of benzene rings is 1. The van der Waals surface area contributed by atoms with Gasteiger partial charge in [-0.3, -0.25) is 4.79 Å². The number of hydrogen-bond donors (Lipinski definition) is 3. The Balaban J connectivity index is 1.50. The van der Waals surface area contributed by atoms with Gasteiger partial charge in [-0.1, -0.05) is 18.2 Å². The smallest absolute Gasteiger partial charge is 0.251 e. The first-order chi connectivity index (χ1) is 12.2. The molecule has 1 aromatic heterocycles. The van der Waals surface area contributed by atoms with Crippen LogP contribution in [-0.4, -0.2) is 37.1 Å². The quantitative estimate of drug-likeness (QED) is 0.709. The molecular weight excluding hydrogens is 312 g/mol. The van der Waals surface area contributed by atoms with Gasteiger partial charge in [0.05, 0.1) is 0 Å². The number of rotatable bonds is 6. The van der Waals surface area contributed by atoms with E-state index in [0.717, 1.165) is 30.0 Å². The number of amides is 1. The zero-order valence-electron chi connectivity index (χ0n) is 14.7. The maximum atomic E-state index is 12.4. The highest BCUT2D eigenvalue weighted by Crippen LogP contribution is 2.23. The lowest BCUT2D eigenvalue weighted by atomic mass is 9.90. The van der Waals surface area contributed by atoms with Crippen LogP contribution < -0.4 is 16.0 Å². The fourth-order valence-electron chi connectivity index (χ4n) is 3.20. The molecule has 1 aliphatic rings. The zero-order valence-corrected chi connectivity index (χ0v) is 14.7. The highest BCUT2D eigenvalue weighted by molar-refractivity contribution is 5.94. The summed E-state index contributed by atoms with van der Waals surface area (Å²) in [5.41, 5.74) is 3.08. The summed E-state index contributed by atoms with van der Waals surface area (Å²) in [4.78, 5) is 16.7. The van der Waals surface area contributed by atoms with Crippen LogP contribution in [0.2, 0.25) is 0 Å². The third kappa shape index (κ3) is 4.79. The number of aryl methyl sites for hydroxylation is 1. The van der Waals surface area contributed by atoms with Crippen molar-refractivity contribution in [3.63, 3.8) is 0 Å². The number of nitrogens with one attached hydrogen (secondary N) is 3. The van der Waals surface area contributed by atoms with Gasteiger partial charge in [0.25, 0.3) is 5.91 Å². The number of piperidine rings is 1. The molecule has 132 valence electrons. The first-order valence-electron chi connectivity index (χ1n) is 8.98. The lowest BCUT2D eigenvalue weighted by Crippen LogP contribution is -2.30. The molecule has 1 atom stereocenters. The van der Waals surface area contributed by atoms with Crippen molar-refractivity contribution in [3.05, 3.63) is 59.3 Å². The molecule has 3 N–H and O–H groups in total. The molecule has 2 aromatic rings. The molecule has 2 heterocycles. The summed E-state index contributed by atoms with van der Waals surface area (Å²) in [6, 6.07) is 11.9. The third-order valence-corrected chi connectivity index (χ3v) is 4.63. The molecular formula is C20H26N4O. The molecule has 5 nitrogen and oxygen atoms in total. The van der Waals surface area contributed by atoms with Gasteiger partial charge in [-0.15, -0.1) is 0 Å². The van der Waals surface area contributed by atoms with Crippen molar-refractivity contribution in [2.75, 3.05) is 31.5 Å². The SMILES string of the molecule is Cc1cccnc1NCCNC(=O)c1cccc([C@H]2CCCNC2)c1. The van der Waals surface area contributed by atoms with Gasteiger partial charge in [-0.05, 0) is 61.6 Å². The molecule has 3 rings (SSSR count). The second-order valence-corrected chi connectivity index (χ2v) is 6.52. The zero-order chi connectivity index (χ0) is 17.5. The maximum Gasteiger partial charge on any atom is 0.251 e. The molecule has 25 heavy (non-hydrogen) atoms. The van der Waals surface area contributed by atoms with Crippen LogP contribution in [0.15, 0.2) is 42.6 Å². The Labute approximate surface area is 149 Å². The molecule has 0 spiro atoms. The Bertz CT molecular complexity index is 710. The Kier molecular flexibility index (Phi) is 6.01. The van der Waals surface area contributed by atoms with Gasteiger partial charge in [-0.2, -0.15) is 0 Å². The second kappa shape index (κ2) is 8.62. The van der Waals surface area contributed by atoms with Crippen LogP contribution in [-0.2, 0) is 0 Å². The van der Waals surface area contributed by atoms with Gasteiger partial charge >= 0.3 is 0 Å². The minimum atomic E-state index is -0.0230. The molecule has 1 saturated heterocycles. The van der Waals surface area contributed by atoms with E-state index in [1.54, 1.807) is 6.20 Å². The summed E-state index contributed by atoms with van der Waals surface area (Å²) in [5.74, 6) is 1.35. The van der Waals surface area contributed by atoms with Gasteiger partial charge in [0.2, 0.25) is 0 Å². The molecule has 0 saturated carbocycles. The Morgan fingerprint density at radius 3 is 3.00 bits per heavy atom. The summed E-state index contributed by atoms with van der Waals surface area (Å²) in [6.07, 6.45) is 4.14. The normalized spacial score (nSPS) is 17.1. The summed E-state index contributed by atoms with van der Waals surface area (Å²) in [5, 5.41) is 9.65. The monoisotopic (exact) mass is 338 g/mol. The molecule has 0 radical (unpaired) electrons. The largest absolute Gasteiger partial charge is 0.368 e. The van der Waals surface area contributed by atoms with E-state index < -0.39 is 0 Å². The average Bonchev–Trinajstić information content (AvgIpc) is 2.67. The van der Waals surface area contributed by atoms with Crippen molar-refractivity contribution in [2.45, 2.75) is 25.7 Å². The molecule has 1 aromatic carbocycles. The number of carbonyl (C=O) groups is 1. The summed E-state index contributed by atoms with van der Waals surface area (Å²) < 4.78 is 0. The molecule has 0 bridgehead atoms. The van der Waals surface area contributed by atoms with Crippen molar-refractivity contribution < 1.29 is 4.79 Å². The van der Waals surface area contributed by atoms with Crippen molar-refractivity contribution in [3.8, 4) is 0 Å². The van der Waals surface area contributed by atoms with Gasteiger partial charge in [-0.25, -0.2) is 4.98 Å². The van der Waals surface area contributed by atoms with E-state index >= 15 is 0 Å². The molecule has 1 amide bonds.